The maximum Gasteiger partial charge on any atom is 0.335 e. The Kier molecular flexibility index (Phi) is 5.20. The van der Waals surface area contributed by atoms with E-state index < -0.39 is 11.8 Å². The predicted molar refractivity (Wildman–Crippen MR) is 70.5 cm³/mol. The van der Waals surface area contributed by atoms with Crippen molar-refractivity contribution in [3.63, 3.8) is 0 Å². The lowest BCUT2D eigenvalue weighted by Crippen LogP contribution is -2.05. The van der Waals surface area contributed by atoms with Crippen molar-refractivity contribution in [1.29, 1.82) is 0 Å². The SMILES string of the molecule is Cl.O=C(O)c1ccccc1Cc1nc(Cl)ncc1F. The lowest BCUT2D eigenvalue weighted by molar-refractivity contribution is 0.0696. The van der Waals surface area contributed by atoms with Crippen LogP contribution in [0.15, 0.2) is 30.5 Å². The number of nitrogens with zero attached hydrogens (tertiary/aromatic N) is 2. The van der Waals surface area contributed by atoms with Crippen LogP contribution in [0, 0.1) is 5.82 Å². The van der Waals surface area contributed by atoms with E-state index in [4.69, 9.17) is 16.7 Å². The molecule has 0 unspecified atom stereocenters. The molecular formula is C12H9Cl2FN2O2. The highest BCUT2D eigenvalue weighted by Crippen LogP contribution is 2.16. The van der Waals surface area contributed by atoms with Gasteiger partial charge in [0.2, 0.25) is 5.28 Å². The minimum atomic E-state index is -1.06. The predicted octanol–water partition coefficient (Wildman–Crippen LogP) is 2.98. The number of aromatic carboxylic acids is 1. The molecule has 0 spiro atoms. The lowest BCUT2D eigenvalue weighted by atomic mass is 10.0. The normalized spacial score (nSPS) is 9.79. The van der Waals surface area contributed by atoms with Gasteiger partial charge in [-0.05, 0) is 23.2 Å². The molecule has 4 nitrogen and oxygen atoms in total. The van der Waals surface area contributed by atoms with Crippen LogP contribution in [0.5, 0.6) is 0 Å². The molecule has 1 aromatic carbocycles. The molecule has 0 saturated carbocycles. The second-order valence-electron chi connectivity index (χ2n) is 3.57. The third-order valence-electron chi connectivity index (χ3n) is 2.39. The van der Waals surface area contributed by atoms with Gasteiger partial charge in [0.1, 0.15) is 0 Å². The third kappa shape index (κ3) is 3.62. The summed E-state index contributed by atoms with van der Waals surface area (Å²) in [6.45, 7) is 0. The van der Waals surface area contributed by atoms with Crippen molar-refractivity contribution in [2.45, 2.75) is 6.42 Å². The highest BCUT2D eigenvalue weighted by Gasteiger charge is 2.13. The van der Waals surface area contributed by atoms with Crippen LogP contribution >= 0.6 is 24.0 Å². The number of carboxylic acids is 1. The van der Waals surface area contributed by atoms with Crippen molar-refractivity contribution < 1.29 is 14.3 Å². The fourth-order valence-electron chi connectivity index (χ4n) is 1.57. The van der Waals surface area contributed by atoms with Gasteiger partial charge in [-0.2, -0.15) is 0 Å². The average Bonchev–Trinajstić information content (AvgIpc) is 2.34. The molecule has 0 amide bonds. The summed E-state index contributed by atoms with van der Waals surface area (Å²) >= 11 is 5.58. The van der Waals surface area contributed by atoms with Crippen LogP contribution in [-0.2, 0) is 6.42 Å². The van der Waals surface area contributed by atoms with E-state index in [-0.39, 0.29) is 35.4 Å². The average molecular weight is 303 g/mol. The molecule has 0 radical (unpaired) electrons. The molecule has 1 N–H and O–H groups in total. The summed E-state index contributed by atoms with van der Waals surface area (Å²) in [5.41, 5.74) is 0.661. The first-order valence-corrected chi connectivity index (χ1v) is 5.44. The summed E-state index contributed by atoms with van der Waals surface area (Å²) in [6.07, 6.45) is 1.02. The van der Waals surface area contributed by atoms with E-state index in [1.807, 2.05) is 0 Å². The quantitative estimate of drug-likeness (QED) is 0.885. The van der Waals surface area contributed by atoms with Gasteiger partial charge < -0.3 is 5.11 Å². The minimum absolute atomic E-state index is 0. The highest BCUT2D eigenvalue weighted by atomic mass is 35.5. The van der Waals surface area contributed by atoms with Gasteiger partial charge in [-0.25, -0.2) is 19.2 Å². The van der Waals surface area contributed by atoms with E-state index in [2.05, 4.69) is 9.97 Å². The van der Waals surface area contributed by atoms with Gasteiger partial charge in [0.25, 0.3) is 0 Å². The van der Waals surface area contributed by atoms with Crippen molar-refractivity contribution >= 4 is 30.0 Å². The lowest BCUT2D eigenvalue weighted by Gasteiger charge is -2.06. The Balaban J connectivity index is 0.00000180. The summed E-state index contributed by atoms with van der Waals surface area (Å²) in [5, 5.41) is 8.94. The number of hydrogen-bond acceptors (Lipinski definition) is 3. The summed E-state index contributed by atoms with van der Waals surface area (Å²) in [6, 6.07) is 6.36. The summed E-state index contributed by atoms with van der Waals surface area (Å²) in [4.78, 5) is 18.3. The van der Waals surface area contributed by atoms with Gasteiger partial charge in [-0.15, -0.1) is 12.4 Å². The van der Waals surface area contributed by atoms with Crippen molar-refractivity contribution in [1.82, 2.24) is 9.97 Å². The molecule has 0 fully saturated rings. The van der Waals surface area contributed by atoms with E-state index in [9.17, 15) is 9.18 Å². The molecule has 0 aliphatic carbocycles. The number of rotatable bonds is 3. The molecule has 19 heavy (non-hydrogen) atoms. The van der Waals surface area contributed by atoms with E-state index >= 15 is 0 Å². The van der Waals surface area contributed by atoms with Crippen LogP contribution in [0.25, 0.3) is 0 Å². The monoisotopic (exact) mass is 302 g/mol. The van der Waals surface area contributed by atoms with Crippen LogP contribution in [0.2, 0.25) is 5.28 Å². The number of carbonyl (C=O) groups is 1. The molecule has 7 heteroatoms. The number of benzene rings is 1. The minimum Gasteiger partial charge on any atom is -0.478 e. The van der Waals surface area contributed by atoms with Crippen molar-refractivity contribution in [2.24, 2.45) is 0 Å². The van der Waals surface area contributed by atoms with Gasteiger partial charge in [-0.3, -0.25) is 0 Å². The molecule has 0 aliphatic heterocycles. The Bertz CT molecular complexity index is 608. The van der Waals surface area contributed by atoms with Crippen LogP contribution in [0.4, 0.5) is 4.39 Å². The summed E-state index contributed by atoms with van der Waals surface area (Å²) in [7, 11) is 0. The third-order valence-corrected chi connectivity index (χ3v) is 2.58. The molecule has 0 bridgehead atoms. The zero-order valence-electron chi connectivity index (χ0n) is 9.51. The first-order valence-electron chi connectivity index (χ1n) is 5.06. The van der Waals surface area contributed by atoms with E-state index in [1.165, 1.54) is 6.07 Å². The molecule has 1 aromatic heterocycles. The topological polar surface area (TPSA) is 63.1 Å². The molecule has 2 aromatic rings. The summed E-state index contributed by atoms with van der Waals surface area (Å²) in [5.74, 6) is -1.68. The molecule has 1 heterocycles. The van der Waals surface area contributed by atoms with Gasteiger partial charge >= 0.3 is 5.97 Å². The fourth-order valence-corrected chi connectivity index (χ4v) is 1.72. The molecule has 0 atom stereocenters. The Hall–Kier alpha value is -1.72. The number of aromatic nitrogens is 2. The molecule has 0 aliphatic rings. The van der Waals surface area contributed by atoms with Gasteiger partial charge in [-0.1, -0.05) is 18.2 Å². The summed E-state index contributed by atoms with van der Waals surface area (Å²) < 4.78 is 13.5. The first-order chi connectivity index (χ1) is 8.58. The van der Waals surface area contributed by atoms with Crippen LogP contribution < -0.4 is 0 Å². The largest absolute Gasteiger partial charge is 0.478 e. The number of hydrogen-bond donors (Lipinski definition) is 1. The molecular weight excluding hydrogens is 294 g/mol. The maximum atomic E-state index is 13.5. The van der Waals surface area contributed by atoms with E-state index in [1.54, 1.807) is 18.2 Å². The molecule has 0 saturated heterocycles. The Morgan fingerprint density at radius 1 is 1.37 bits per heavy atom. The second-order valence-corrected chi connectivity index (χ2v) is 3.91. The van der Waals surface area contributed by atoms with Crippen molar-refractivity contribution in [3.05, 3.63) is 58.4 Å². The molecule has 100 valence electrons. The van der Waals surface area contributed by atoms with Gasteiger partial charge in [0.05, 0.1) is 17.5 Å². The van der Waals surface area contributed by atoms with Crippen LogP contribution in [-0.4, -0.2) is 21.0 Å². The van der Waals surface area contributed by atoms with Crippen LogP contribution in [0.3, 0.4) is 0 Å². The van der Waals surface area contributed by atoms with Gasteiger partial charge in [0, 0.05) is 6.42 Å². The van der Waals surface area contributed by atoms with Gasteiger partial charge in [0.15, 0.2) is 5.82 Å². The van der Waals surface area contributed by atoms with Crippen LogP contribution in [0.1, 0.15) is 21.6 Å². The Morgan fingerprint density at radius 3 is 2.74 bits per heavy atom. The smallest absolute Gasteiger partial charge is 0.335 e. The zero-order chi connectivity index (χ0) is 13.1. The Morgan fingerprint density at radius 2 is 2.05 bits per heavy atom. The number of carboxylic acid groups (broad SMARTS) is 1. The highest BCUT2D eigenvalue weighted by molar-refractivity contribution is 6.28. The number of halogens is 3. The molecule has 2 rings (SSSR count). The zero-order valence-corrected chi connectivity index (χ0v) is 11.1. The van der Waals surface area contributed by atoms with E-state index in [0.717, 1.165) is 6.20 Å². The second kappa shape index (κ2) is 6.45. The van der Waals surface area contributed by atoms with Crippen molar-refractivity contribution in [3.8, 4) is 0 Å². The van der Waals surface area contributed by atoms with Crippen molar-refractivity contribution in [2.75, 3.05) is 0 Å². The van der Waals surface area contributed by atoms with E-state index in [0.29, 0.717) is 5.56 Å². The first kappa shape index (κ1) is 15.3. The standard InChI is InChI=1S/C12H8ClFN2O2.ClH/c13-12-15-6-9(14)10(16-12)5-7-3-1-2-4-8(7)11(17)18;/h1-4,6H,5H2,(H,17,18);1H. The Labute approximate surface area is 119 Å². The fraction of sp³-hybridized carbons (Fsp3) is 0.0833. The maximum absolute atomic E-state index is 13.5.